The summed E-state index contributed by atoms with van der Waals surface area (Å²) in [5.74, 6) is -1.73. The minimum absolute atomic E-state index is 0.0346. The summed E-state index contributed by atoms with van der Waals surface area (Å²) in [7, 11) is -3.92. The van der Waals surface area contributed by atoms with E-state index in [0.717, 1.165) is 25.0 Å². The zero-order valence-corrected chi connectivity index (χ0v) is 13.0. The van der Waals surface area contributed by atoms with Gasteiger partial charge in [-0.1, -0.05) is 6.92 Å². The molecule has 1 fully saturated rings. The Balaban J connectivity index is 2.44. The van der Waals surface area contributed by atoms with E-state index in [4.69, 9.17) is 0 Å². The quantitative estimate of drug-likeness (QED) is 0.906. The van der Waals surface area contributed by atoms with Crippen molar-refractivity contribution in [3.8, 4) is 0 Å². The molecule has 1 aromatic rings. The van der Waals surface area contributed by atoms with Crippen LogP contribution in [-0.2, 0) is 16.6 Å². The molecule has 1 heterocycles. The zero-order chi connectivity index (χ0) is 15.6. The molecule has 1 N–H and O–H groups in total. The standard InChI is InChI=1S/C14H20F2N2O2S/c1-3-17-9-11-12(15)6-7-13(14(11)16)21(19,20)18-8-4-5-10(18)2/h6-7,10,17H,3-5,8-9H2,1-2H3. The first-order valence-corrected chi connectivity index (χ1v) is 8.53. The molecule has 2 rings (SSSR count). The summed E-state index contributed by atoms with van der Waals surface area (Å²) >= 11 is 0. The van der Waals surface area contributed by atoms with Gasteiger partial charge in [-0.05, 0) is 38.4 Å². The minimum Gasteiger partial charge on any atom is -0.313 e. The van der Waals surface area contributed by atoms with Crippen LogP contribution >= 0.6 is 0 Å². The first-order valence-electron chi connectivity index (χ1n) is 7.09. The van der Waals surface area contributed by atoms with Crippen molar-refractivity contribution in [1.82, 2.24) is 9.62 Å². The van der Waals surface area contributed by atoms with Crippen molar-refractivity contribution in [2.24, 2.45) is 0 Å². The van der Waals surface area contributed by atoms with Crippen molar-refractivity contribution in [2.75, 3.05) is 13.1 Å². The Labute approximate surface area is 124 Å². The second kappa shape index (κ2) is 6.37. The molecule has 1 aliphatic heterocycles. The van der Waals surface area contributed by atoms with Gasteiger partial charge in [-0.2, -0.15) is 4.31 Å². The number of nitrogens with one attached hydrogen (secondary N) is 1. The third-order valence-corrected chi connectivity index (χ3v) is 5.81. The predicted octanol–water partition coefficient (Wildman–Crippen LogP) is 2.25. The smallest absolute Gasteiger partial charge is 0.246 e. The summed E-state index contributed by atoms with van der Waals surface area (Å²) in [6.07, 6.45) is 1.51. The molecule has 4 nitrogen and oxygen atoms in total. The number of hydrogen-bond acceptors (Lipinski definition) is 3. The van der Waals surface area contributed by atoms with Crippen LogP contribution in [0.2, 0.25) is 0 Å². The number of halogens is 2. The zero-order valence-electron chi connectivity index (χ0n) is 12.2. The SMILES string of the molecule is CCNCc1c(F)ccc(S(=O)(=O)N2CCCC2C)c1F. The maximum atomic E-state index is 14.4. The lowest BCUT2D eigenvalue weighted by molar-refractivity contribution is 0.403. The third kappa shape index (κ3) is 3.09. The molecule has 1 aromatic carbocycles. The Kier molecular flexibility index (Phi) is 4.95. The van der Waals surface area contributed by atoms with Crippen molar-refractivity contribution in [2.45, 2.75) is 44.2 Å². The van der Waals surface area contributed by atoms with Crippen LogP contribution in [-0.4, -0.2) is 31.9 Å². The molecule has 118 valence electrons. The van der Waals surface area contributed by atoms with Gasteiger partial charge in [0.15, 0.2) is 5.82 Å². The topological polar surface area (TPSA) is 49.4 Å². The Morgan fingerprint density at radius 3 is 2.67 bits per heavy atom. The molecule has 0 saturated carbocycles. The maximum Gasteiger partial charge on any atom is 0.246 e. The lowest BCUT2D eigenvalue weighted by atomic mass is 10.2. The lowest BCUT2D eigenvalue weighted by Gasteiger charge is -2.22. The van der Waals surface area contributed by atoms with Crippen LogP contribution in [0.15, 0.2) is 17.0 Å². The minimum atomic E-state index is -3.92. The summed E-state index contributed by atoms with van der Waals surface area (Å²) in [5, 5.41) is 2.81. The molecular formula is C14H20F2N2O2S. The highest BCUT2D eigenvalue weighted by molar-refractivity contribution is 7.89. The fourth-order valence-electron chi connectivity index (χ4n) is 2.58. The number of benzene rings is 1. The van der Waals surface area contributed by atoms with E-state index < -0.39 is 26.6 Å². The molecule has 1 saturated heterocycles. The van der Waals surface area contributed by atoms with Crippen LogP contribution in [0.3, 0.4) is 0 Å². The van der Waals surface area contributed by atoms with Gasteiger partial charge in [0.05, 0.1) is 0 Å². The van der Waals surface area contributed by atoms with Crippen LogP contribution in [0.25, 0.3) is 0 Å². The molecule has 1 aliphatic rings. The molecular weight excluding hydrogens is 298 g/mol. The van der Waals surface area contributed by atoms with E-state index in [1.54, 1.807) is 6.92 Å². The molecule has 21 heavy (non-hydrogen) atoms. The van der Waals surface area contributed by atoms with E-state index in [0.29, 0.717) is 13.1 Å². The van der Waals surface area contributed by atoms with Crippen molar-refractivity contribution in [3.05, 3.63) is 29.3 Å². The van der Waals surface area contributed by atoms with E-state index in [1.165, 1.54) is 4.31 Å². The molecule has 0 spiro atoms. The van der Waals surface area contributed by atoms with Gasteiger partial charge in [-0.15, -0.1) is 0 Å². The monoisotopic (exact) mass is 318 g/mol. The Morgan fingerprint density at radius 2 is 2.10 bits per heavy atom. The van der Waals surface area contributed by atoms with Gasteiger partial charge in [0.2, 0.25) is 10.0 Å². The number of nitrogens with zero attached hydrogens (tertiary/aromatic N) is 1. The largest absolute Gasteiger partial charge is 0.313 e. The molecule has 1 atom stereocenters. The summed E-state index contributed by atoms with van der Waals surface area (Å²) in [6.45, 7) is 4.49. The molecule has 7 heteroatoms. The van der Waals surface area contributed by atoms with E-state index in [9.17, 15) is 17.2 Å². The van der Waals surface area contributed by atoms with Crippen molar-refractivity contribution >= 4 is 10.0 Å². The van der Waals surface area contributed by atoms with E-state index in [-0.39, 0.29) is 18.2 Å². The van der Waals surface area contributed by atoms with Gasteiger partial charge in [0, 0.05) is 24.7 Å². The molecule has 0 aromatic heterocycles. The number of rotatable bonds is 5. The second-order valence-corrected chi connectivity index (χ2v) is 7.08. The lowest BCUT2D eigenvalue weighted by Crippen LogP contribution is -2.34. The fourth-order valence-corrected chi connectivity index (χ4v) is 4.37. The van der Waals surface area contributed by atoms with E-state index >= 15 is 0 Å². The fraction of sp³-hybridized carbons (Fsp3) is 0.571. The highest BCUT2D eigenvalue weighted by Crippen LogP contribution is 2.29. The average Bonchev–Trinajstić information content (AvgIpc) is 2.85. The van der Waals surface area contributed by atoms with Gasteiger partial charge in [-0.25, -0.2) is 17.2 Å². The van der Waals surface area contributed by atoms with Crippen molar-refractivity contribution in [1.29, 1.82) is 0 Å². The third-order valence-electron chi connectivity index (χ3n) is 3.78. The predicted molar refractivity (Wildman–Crippen MR) is 76.3 cm³/mol. The van der Waals surface area contributed by atoms with Gasteiger partial charge in [-0.3, -0.25) is 0 Å². The first-order chi connectivity index (χ1) is 9.89. The van der Waals surface area contributed by atoms with Gasteiger partial charge in [0.1, 0.15) is 10.7 Å². The highest BCUT2D eigenvalue weighted by atomic mass is 32.2. The van der Waals surface area contributed by atoms with Gasteiger partial charge in [0.25, 0.3) is 0 Å². The van der Waals surface area contributed by atoms with Crippen LogP contribution in [0.5, 0.6) is 0 Å². The summed E-state index contributed by atoms with van der Waals surface area (Å²) in [4.78, 5) is -0.439. The Hall–Kier alpha value is -1.05. The average molecular weight is 318 g/mol. The molecule has 0 bridgehead atoms. The normalized spacial score (nSPS) is 20.1. The summed E-state index contributed by atoms with van der Waals surface area (Å²) < 4.78 is 54.5. The van der Waals surface area contributed by atoms with Crippen molar-refractivity contribution in [3.63, 3.8) is 0 Å². The van der Waals surface area contributed by atoms with Crippen molar-refractivity contribution < 1.29 is 17.2 Å². The molecule has 0 aliphatic carbocycles. The molecule has 1 unspecified atom stereocenters. The van der Waals surface area contributed by atoms with Crippen LogP contribution in [0, 0.1) is 11.6 Å². The Morgan fingerprint density at radius 1 is 1.38 bits per heavy atom. The van der Waals surface area contributed by atoms with Crippen LogP contribution < -0.4 is 5.32 Å². The highest BCUT2D eigenvalue weighted by Gasteiger charge is 2.35. The summed E-state index contributed by atoms with van der Waals surface area (Å²) in [5.41, 5.74) is -0.232. The van der Waals surface area contributed by atoms with Crippen LogP contribution in [0.4, 0.5) is 8.78 Å². The second-order valence-electron chi connectivity index (χ2n) is 5.23. The van der Waals surface area contributed by atoms with E-state index in [2.05, 4.69) is 5.32 Å². The first kappa shape index (κ1) is 16.3. The van der Waals surface area contributed by atoms with Gasteiger partial charge >= 0.3 is 0 Å². The van der Waals surface area contributed by atoms with E-state index in [1.807, 2.05) is 6.92 Å². The Bertz CT molecular complexity index is 620. The molecule has 0 amide bonds. The number of hydrogen-bond donors (Lipinski definition) is 1. The summed E-state index contributed by atoms with van der Waals surface area (Å²) in [6, 6.07) is 1.88. The van der Waals surface area contributed by atoms with Gasteiger partial charge < -0.3 is 5.32 Å². The number of sulfonamides is 1. The van der Waals surface area contributed by atoms with Crippen LogP contribution in [0.1, 0.15) is 32.3 Å². The maximum absolute atomic E-state index is 14.4. The molecule has 0 radical (unpaired) electrons.